The number of hydrogen-bond acceptors (Lipinski definition) is 3. The summed E-state index contributed by atoms with van der Waals surface area (Å²) in [6.07, 6.45) is 0. The number of hydrogen-bond donors (Lipinski definition) is 2. The summed E-state index contributed by atoms with van der Waals surface area (Å²) < 4.78 is 1.92. The maximum atomic E-state index is 6.03. The molecule has 0 saturated heterocycles. The van der Waals surface area contributed by atoms with Gasteiger partial charge in [-0.3, -0.25) is 5.43 Å². The van der Waals surface area contributed by atoms with Crippen LogP contribution in [0.15, 0.2) is 59.6 Å². The fraction of sp³-hybridized carbons (Fsp3) is 0.0625. The van der Waals surface area contributed by atoms with Crippen LogP contribution in [0.5, 0.6) is 0 Å². The first-order valence-electron chi connectivity index (χ1n) is 6.51. The molecule has 0 aliphatic carbocycles. The first-order valence-corrected chi connectivity index (χ1v) is 7.34. The van der Waals surface area contributed by atoms with Crippen molar-refractivity contribution in [2.75, 3.05) is 5.43 Å². The van der Waals surface area contributed by atoms with Crippen LogP contribution >= 0.6 is 24.2 Å². The van der Waals surface area contributed by atoms with Gasteiger partial charge in [0, 0.05) is 10.6 Å². The summed E-state index contributed by atoms with van der Waals surface area (Å²) in [6.45, 7) is 1.93. The molecule has 0 atom stereocenters. The van der Waals surface area contributed by atoms with Gasteiger partial charge in [0.25, 0.3) is 0 Å². The molecular formula is C16H14ClN3S. The van der Waals surface area contributed by atoms with E-state index >= 15 is 0 Å². The van der Waals surface area contributed by atoms with Gasteiger partial charge in [-0.15, -0.1) is 12.6 Å². The Morgan fingerprint density at radius 1 is 1.10 bits per heavy atom. The van der Waals surface area contributed by atoms with Crippen LogP contribution in [0.25, 0.3) is 11.3 Å². The number of thiol groups is 1. The molecule has 1 aromatic heterocycles. The van der Waals surface area contributed by atoms with E-state index in [4.69, 9.17) is 11.6 Å². The van der Waals surface area contributed by atoms with Crippen molar-refractivity contribution in [3.8, 4) is 11.3 Å². The first-order chi connectivity index (χ1) is 10.1. The van der Waals surface area contributed by atoms with Crippen molar-refractivity contribution in [2.24, 2.45) is 0 Å². The summed E-state index contributed by atoms with van der Waals surface area (Å²) in [5.41, 5.74) is 6.20. The van der Waals surface area contributed by atoms with Gasteiger partial charge in [0.05, 0.1) is 5.69 Å². The number of benzene rings is 2. The number of nitrogens with one attached hydrogen (secondary N) is 1. The Morgan fingerprint density at radius 3 is 2.57 bits per heavy atom. The topological polar surface area (TPSA) is 29.9 Å². The highest BCUT2D eigenvalue weighted by Gasteiger charge is 2.14. The molecule has 106 valence electrons. The van der Waals surface area contributed by atoms with E-state index in [0.29, 0.717) is 10.0 Å². The second-order valence-corrected chi connectivity index (χ2v) is 5.51. The van der Waals surface area contributed by atoms with E-state index in [2.05, 4.69) is 23.0 Å². The highest BCUT2D eigenvalue weighted by Crippen LogP contribution is 2.28. The zero-order valence-electron chi connectivity index (χ0n) is 11.4. The van der Waals surface area contributed by atoms with Crippen LogP contribution in [-0.2, 0) is 0 Å². The minimum Gasteiger partial charge on any atom is -0.293 e. The summed E-state index contributed by atoms with van der Waals surface area (Å²) in [5.74, 6) is 0.832. The molecule has 0 saturated carbocycles. The Labute approximate surface area is 134 Å². The number of aromatic nitrogens is 2. The van der Waals surface area contributed by atoms with Gasteiger partial charge >= 0.3 is 0 Å². The number of nitrogens with zero attached hydrogens (tertiary/aromatic N) is 2. The molecule has 0 bridgehead atoms. The van der Waals surface area contributed by atoms with Gasteiger partial charge in [0.1, 0.15) is 16.5 Å². The lowest BCUT2D eigenvalue weighted by Crippen LogP contribution is -2.12. The number of imidazole rings is 1. The number of rotatable bonds is 3. The Kier molecular flexibility index (Phi) is 3.90. The summed E-state index contributed by atoms with van der Waals surface area (Å²) >= 11 is 10.5. The molecular weight excluding hydrogens is 302 g/mol. The van der Waals surface area contributed by atoms with Gasteiger partial charge in [-0.2, -0.15) is 0 Å². The zero-order valence-corrected chi connectivity index (χ0v) is 13.1. The Hall–Kier alpha value is -1.91. The number of aryl methyl sites for hydroxylation is 1. The van der Waals surface area contributed by atoms with E-state index in [0.717, 1.165) is 22.8 Å². The molecule has 0 fully saturated rings. The molecule has 0 radical (unpaired) electrons. The van der Waals surface area contributed by atoms with Crippen LogP contribution in [0, 0.1) is 6.92 Å². The van der Waals surface area contributed by atoms with Gasteiger partial charge in [-0.25, -0.2) is 9.66 Å². The van der Waals surface area contributed by atoms with E-state index in [1.165, 1.54) is 0 Å². The lowest BCUT2D eigenvalue weighted by atomic mass is 10.2. The number of halogens is 1. The zero-order chi connectivity index (χ0) is 14.8. The van der Waals surface area contributed by atoms with Crippen LogP contribution in [0.2, 0.25) is 5.02 Å². The minimum absolute atomic E-state index is 0.685. The van der Waals surface area contributed by atoms with E-state index in [1.807, 2.05) is 66.2 Å². The lowest BCUT2D eigenvalue weighted by Gasteiger charge is -2.13. The molecule has 1 heterocycles. The highest BCUT2D eigenvalue weighted by molar-refractivity contribution is 7.80. The van der Waals surface area contributed by atoms with Crippen LogP contribution in [0.1, 0.15) is 5.82 Å². The van der Waals surface area contributed by atoms with Crippen LogP contribution < -0.4 is 5.43 Å². The van der Waals surface area contributed by atoms with Gasteiger partial charge in [0.15, 0.2) is 0 Å². The molecule has 0 unspecified atom stereocenters. The molecule has 3 nitrogen and oxygen atoms in total. The van der Waals surface area contributed by atoms with Crippen molar-refractivity contribution in [3.63, 3.8) is 0 Å². The molecule has 0 aliphatic heterocycles. The van der Waals surface area contributed by atoms with E-state index < -0.39 is 0 Å². The summed E-state index contributed by atoms with van der Waals surface area (Å²) in [7, 11) is 0. The van der Waals surface area contributed by atoms with Crippen molar-refractivity contribution in [3.05, 3.63) is 65.4 Å². The maximum absolute atomic E-state index is 6.03. The molecule has 0 amide bonds. The van der Waals surface area contributed by atoms with Crippen LogP contribution in [0.3, 0.4) is 0 Å². The second-order valence-electron chi connectivity index (χ2n) is 4.65. The minimum atomic E-state index is 0.685. The Bertz CT molecular complexity index is 768. The first kappa shape index (κ1) is 14.0. The van der Waals surface area contributed by atoms with E-state index in [1.54, 1.807) is 0 Å². The fourth-order valence-corrected chi connectivity index (χ4v) is 2.76. The third-order valence-corrected chi connectivity index (χ3v) is 3.69. The van der Waals surface area contributed by atoms with E-state index in [9.17, 15) is 0 Å². The standard InChI is InChI=1S/C16H14ClN3S/c1-11-18-16(21)15(12-6-3-2-4-7-12)20(11)19-14-9-5-8-13(17)10-14/h2-10,19,21H,1H3. The van der Waals surface area contributed by atoms with Gasteiger partial charge in [-0.1, -0.05) is 48.0 Å². The quantitative estimate of drug-likeness (QED) is 0.688. The average Bonchev–Trinajstić information content (AvgIpc) is 2.74. The summed E-state index contributed by atoms with van der Waals surface area (Å²) in [4.78, 5) is 4.44. The molecule has 21 heavy (non-hydrogen) atoms. The highest BCUT2D eigenvalue weighted by atomic mass is 35.5. The van der Waals surface area contributed by atoms with Gasteiger partial charge in [-0.05, 0) is 25.1 Å². The lowest BCUT2D eigenvalue weighted by molar-refractivity contribution is 0.900. The molecule has 2 aromatic carbocycles. The third-order valence-electron chi connectivity index (χ3n) is 3.14. The second kappa shape index (κ2) is 5.84. The largest absolute Gasteiger partial charge is 0.293 e. The summed E-state index contributed by atoms with van der Waals surface area (Å²) in [6, 6.07) is 17.6. The van der Waals surface area contributed by atoms with Crippen molar-refractivity contribution >= 4 is 29.9 Å². The molecule has 3 rings (SSSR count). The Balaban J connectivity index is 2.07. The van der Waals surface area contributed by atoms with E-state index in [-0.39, 0.29) is 0 Å². The smallest absolute Gasteiger partial charge is 0.126 e. The number of anilines is 1. The fourth-order valence-electron chi connectivity index (χ4n) is 2.20. The predicted molar refractivity (Wildman–Crippen MR) is 90.1 cm³/mol. The van der Waals surface area contributed by atoms with Crippen LogP contribution in [0.4, 0.5) is 5.69 Å². The molecule has 3 aromatic rings. The SMILES string of the molecule is Cc1nc(S)c(-c2ccccc2)n1Nc1cccc(Cl)c1. The third kappa shape index (κ3) is 2.91. The monoisotopic (exact) mass is 315 g/mol. The molecule has 5 heteroatoms. The average molecular weight is 316 g/mol. The van der Waals surface area contributed by atoms with Crippen molar-refractivity contribution < 1.29 is 0 Å². The van der Waals surface area contributed by atoms with Crippen molar-refractivity contribution in [2.45, 2.75) is 11.9 Å². The molecule has 0 aliphatic rings. The van der Waals surface area contributed by atoms with Crippen LogP contribution in [-0.4, -0.2) is 9.66 Å². The maximum Gasteiger partial charge on any atom is 0.126 e. The molecule has 0 spiro atoms. The van der Waals surface area contributed by atoms with Gasteiger partial charge < -0.3 is 0 Å². The van der Waals surface area contributed by atoms with Crippen molar-refractivity contribution in [1.29, 1.82) is 0 Å². The Morgan fingerprint density at radius 2 is 1.86 bits per heavy atom. The predicted octanol–water partition coefficient (Wildman–Crippen LogP) is 4.68. The van der Waals surface area contributed by atoms with Crippen molar-refractivity contribution in [1.82, 2.24) is 9.66 Å². The summed E-state index contributed by atoms with van der Waals surface area (Å²) in [5, 5.41) is 1.37. The normalized spacial score (nSPS) is 10.6. The van der Waals surface area contributed by atoms with Gasteiger partial charge in [0.2, 0.25) is 0 Å². The molecule has 1 N–H and O–H groups in total.